The highest BCUT2D eigenvalue weighted by Crippen LogP contribution is 2.21. The molecule has 3 rings (SSSR count). The van der Waals surface area contributed by atoms with Crippen LogP contribution in [0.2, 0.25) is 0 Å². The predicted molar refractivity (Wildman–Crippen MR) is 100 cm³/mol. The molecule has 0 radical (unpaired) electrons. The van der Waals surface area contributed by atoms with Crippen LogP contribution in [0.1, 0.15) is 27.4 Å². The number of carbonyl (C=O) groups excluding carboxylic acids is 1. The lowest BCUT2D eigenvalue weighted by atomic mass is 10.1. The highest BCUT2D eigenvalue weighted by molar-refractivity contribution is 6.03. The summed E-state index contributed by atoms with van der Waals surface area (Å²) in [6.45, 7) is 5.72. The van der Waals surface area contributed by atoms with Crippen LogP contribution in [0.3, 0.4) is 0 Å². The average Bonchev–Trinajstić information content (AvgIpc) is 2.59. The van der Waals surface area contributed by atoms with Gasteiger partial charge in [-0.2, -0.15) is 0 Å². The zero-order valence-corrected chi connectivity index (χ0v) is 14.8. The Hall–Kier alpha value is -3.28. The fourth-order valence-electron chi connectivity index (χ4n) is 2.59. The maximum absolute atomic E-state index is 13.7. The molecular weight excluding hydrogens is 331 g/mol. The molecule has 0 unspecified atom stereocenters. The second-order valence-corrected chi connectivity index (χ2v) is 6.06. The van der Waals surface area contributed by atoms with Crippen LogP contribution in [0.25, 0.3) is 0 Å². The van der Waals surface area contributed by atoms with Crippen LogP contribution in [-0.4, -0.2) is 15.9 Å². The number of aromatic nitrogens is 2. The van der Waals surface area contributed by atoms with Crippen LogP contribution >= 0.6 is 0 Å². The van der Waals surface area contributed by atoms with Crippen molar-refractivity contribution in [1.29, 1.82) is 0 Å². The molecule has 1 amide bonds. The number of anilines is 3. The van der Waals surface area contributed by atoms with E-state index in [0.29, 0.717) is 11.6 Å². The van der Waals surface area contributed by atoms with Gasteiger partial charge in [0.05, 0.1) is 5.69 Å². The molecule has 1 heterocycles. The standard InChI is InChI=1S/C20H19FN4O/c1-12-8-9-16(13(2)10-12)24-19-11-18(22-14(3)23-19)20(26)25-17-7-5-4-6-15(17)21/h4-11H,1-3H3,(H,25,26)(H,22,23,24). The fourth-order valence-corrected chi connectivity index (χ4v) is 2.59. The molecule has 3 aromatic rings. The summed E-state index contributed by atoms with van der Waals surface area (Å²) < 4.78 is 13.7. The number of amides is 1. The molecule has 2 aromatic carbocycles. The normalized spacial score (nSPS) is 10.5. The van der Waals surface area contributed by atoms with E-state index in [1.807, 2.05) is 26.0 Å². The number of halogens is 1. The molecule has 5 nitrogen and oxygen atoms in total. The number of carbonyl (C=O) groups is 1. The van der Waals surface area contributed by atoms with E-state index in [1.165, 1.54) is 12.1 Å². The Morgan fingerprint density at radius 2 is 1.73 bits per heavy atom. The summed E-state index contributed by atoms with van der Waals surface area (Å²) in [5, 5.41) is 5.74. The molecule has 0 saturated heterocycles. The molecule has 0 spiro atoms. The van der Waals surface area contributed by atoms with Crippen molar-refractivity contribution in [1.82, 2.24) is 9.97 Å². The predicted octanol–water partition coefficient (Wildman–Crippen LogP) is 4.54. The number of rotatable bonds is 4. The molecule has 132 valence electrons. The van der Waals surface area contributed by atoms with Gasteiger partial charge in [0.1, 0.15) is 23.2 Å². The van der Waals surface area contributed by atoms with Crippen molar-refractivity contribution in [3.63, 3.8) is 0 Å². The summed E-state index contributed by atoms with van der Waals surface area (Å²) in [4.78, 5) is 20.9. The third-order valence-corrected chi connectivity index (χ3v) is 3.84. The van der Waals surface area contributed by atoms with Gasteiger partial charge in [0, 0.05) is 11.8 Å². The first-order valence-corrected chi connectivity index (χ1v) is 8.18. The molecule has 0 aliphatic carbocycles. The second kappa shape index (κ2) is 7.31. The number of benzene rings is 2. The van der Waals surface area contributed by atoms with Crippen molar-refractivity contribution < 1.29 is 9.18 Å². The Bertz CT molecular complexity index is 972. The van der Waals surface area contributed by atoms with E-state index in [0.717, 1.165) is 16.8 Å². The Morgan fingerprint density at radius 1 is 0.962 bits per heavy atom. The fraction of sp³-hybridized carbons (Fsp3) is 0.150. The molecular formula is C20H19FN4O. The number of nitrogens with one attached hydrogen (secondary N) is 2. The van der Waals surface area contributed by atoms with Gasteiger partial charge in [0.2, 0.25) is 0 Å². The minimum Gasteiger partial charge on any atom is -0.340 e. The molecule has 0 aliphatic rings. The topological polar surface area (TPSA) is 66.9 Å². The van der Waals surface area contributed by atoms with E-state index >= 15 is 0 Å². The maximum atomic E-state index is 13.7. The Kier molecular flexibility index (Phi) is 4.93. The van der Waals surface area contributed by atoms with E-state index in [9.17, 15) is 9.18 Å². The molecule has 6 heteroatoms. The monoisotopic (exact) mass is 350 g/mol. The van der Waals surface area contributed by atoms with E-state index in [1.54, 1.807) is 25.1 Å². The molecule has 0 bridgehead atoms. The number of hydrogen-bond donors (Lipinski definition) is 2. The second-order valence-electron chi connectivity index (χ2n) is 6.06. The van der Waals surface area contributed by atoms with Crippen LogP contribution in [0.15, 0.2) is 48.5 Å². The van der Waals surface area contributed by atoms with Gasteiger partial charge < -0.3 is 10.6 Å². The van der Waals surface area contributed by atoms with E-state index in [2.05, 4.69) is 26.7 Å². The van der Waals surface area contributed by atoms with Crippen molar-refractivity contribution in [3.05, 3.63) is 77.0 Å². The Labute approximate surface area is 151 Å². The highest BCUT2D eigenvalue weighted by atomic mass is 19.1. The van der Waals surface area contributed by atoms with E-state index < -0.39 is 11.7 Å². The largest absolute Gasteiger partial charge is 0.340 e. The summed E-state index contributed by atoms with van der Waals surface area (Å²) in [7, 11) is 0. The van der Waals surface area contributed by atoms with Crippen molar-refractivity contribution in [3.8, 4) is 0 Å². The van der Waals surface area contributed by atoms with Crippen LogP contribution in [-0.2, 0) is 0 Å². The van der Waals surface area contributed by atoms with Crippen LogP contribution in [0.5, 0.6) is 0 Å². The molecule has 0 fully saturated rings. The summed E-state index contributed by atoms with van der Waals surface area (Å²) in [5.41, 5.74) is 3.40. The minimum atomic E-state index is -0.500. The zero-order valence-electron chi connectivity index (χ0n) is 14.8. The Morgan fingerprint density at radius 3 is 2.46 bits per heavy atom. The minimum absolute atomic E-state index is 0.109. The zero-order chi connectivity index (χ0) is 18.7. The van der Waals surface area contributed by atoms with Crippen molar-refractivity contribution >= 4 is 23.1 Å². The van der Waals surface area contributed by atoms with Gasteiger partial charge in [-0.05, 0) is 44.5 Å². The van der Waals surface area contributed by atoms with Gasteiger partial charge in [0.25, 0.3) is 5.91 Å². The highest BCUT2D eigenvalue weighted by Gasteiger charge is 2.13. The summed E-state index contributed by atoms with van der Waals surface area (Å²) in [5.74, 6) is -0.0499. The molecule has 26 heavy (non-hydrogen) atoms. The quantitative estimate of drug-likeness (QED) is 0.725. The number of aryl methyl sites for hydroxylation is 3. The van der Waals surface area contributed by atoms with Gasteiger partial charge in [-0.1, -0.05) is 29.8 Å². The first-order chi connectivity index (χ1) is 12.4. The number of nitrogens with zero attached hydrogens (tertiary/aromatic N) is 2. The number of para-hydroxylation sites is 1. The maximum Gasteiger partial charge on any atom is 0.274 e. The van der Waals surface area contributed by atoms with Crippen molar-refractivity contribution in [2.45, 2.75) is 20.8 Å². The summed E-state index contributed by atoms with van der Waals surface area (Å²) >= 11 is 0. The van der Waals surface area contributed by atoms with Crippen molar-refractivity contribution in [2.24, 2.45) is 0 Å². The van der Waals surface area contributed by atoms with Gasteiger partial charge in [-0.25, -0.2) is 14.4 Å². The lowest BCUT2D eigenvalue weighted by Gasteiger charge is -2.12. The first-order valence-electron chi connectivity index (χ1n) is 8.18. The SMILES string of the molecule is Cc1ccc(Nc2cc(C(=O)Nc3ccccc3F)nc(C)n2)c(C)c1. The molecule has 2 N–H and O–H groups in total. The van der Waals surface area contributed by atoms with Crippen LogP contribution in [0.4, 0.5) is 21.6 Å². The average molecular weight is 350 g/mol. The van der Waals surface area contributed by atoms with E-state index in [4.69, 9.17) is 0 Å². The smallest absolute Gasteiger partial charge is 0.274 e. The van der Waals surface area contributed by atoms with Crippen molar-refractivity contribution in [2.75, 3.05) is 10.6 Å². The van der Waals surface area contributed by atoms with Crippen LogP contribution < -0.4 is 10.6 Å². The molecule has 0 saturated carbocycles. The van der Waals surface area contributed by atoms with Gasteiger partial charge in [-0.15, -0.1) is 0 Å². The molecule has 0 aliphatic heterocycles. The van der Waals surface area contributed by atoms with Gasteiger partial charge >= 0.3 is 0 Å². The van der Waals surface area contributed by atoms with E-state index in [-0.39, 0.29) is 11.4 Å². The third kappa shape index (κ3) is 4.03. The summed E-state index contributed by atoms with van der Waals surface area (Å²) in [6.07, 6.45) is 0. The third-order valence-electron chi connectivity index (χ3n) is 3.84. The van der Waals surface area contributed by atoms with Crippen LogP contribution in [0, 0.1) is 26.6 Å². The molecule has 1 aromatic heterocycles. The lowest BCUT2D eigenvalue weighted by Crippen LogP contribution is -2.16. The first kappa shape index (κ1) is 17.5. The summed E-state index contributed by atoms with van der Waals surface area (Å²) in [6, 6.07) is 13.5. The Balaban J connectivity index is 1.85. The number of hydrogen-bond acceptors (Lipinski definition) is 4. The molecule has 0 atom stereocenters. The van der Waals surface area contributed by atoms with Gasteiger partial charge in [0.15, 0.2) is 0 Å². The lowest BCUT2D eigenvalue weighted by molar-refractivity contribution is 0.102. The van der Waals surface area contributed by atoms with Gasteiger partial charge in [-0.3, -0.25) is 4.79 Å².